The molecule has 1 amide bonds. The first-order valence-electron chi connectivity index (χ1n) is 8.63. The maximum Gasteiger partial charge on any atom is 0.309 e. The number of ether oxygens (including phenoxy) is 1. The number of nitrogens with zero attached hydrogens (tertiary/aromatic N) is 1. The molecule has 2 aliphatic rings. The van der Waals surface area contributed by atoms with E-state index in [4.69, 9.17) is 27.9 Å². The monoisotopic (exact) mass is 431 g/mol. The van der Waals surface area contributed by atoms with Gasteiger partial charge in [0.2, 0.25) is 0 Å². The Labute approximate surface area is 168 Å². The molecule has 0 bridgehead atoms. The Hall–Kier alpha value is -1.57. The molecule has 0 N–H and O–H groups in total. The lowest BCUT2D eigenvalue weighted by atomic mass is 9.82. The first-order valence-corrected chi connectivity index (χ1v) is 10.8. The van der Waals surface area contributed by atoms with Crippen LogP contribution in [0.5, 0.6) is 0 Å². The predicted molar refractivity (Wildman–Crippen MR) is 101 cm³/mol. The molecule has 0 atom stereocenters. The molecule has 1 aromatic carbocycles. The van der Waals surface area contributed by atoms with E-state index in [9.17, 15) is 18.0 Å². The van der Waals surface area contributed by atoms with Gasteiger partial charge in [0.15, 0.2) is 4.36 Å². The van der Waals surface area contributed by atoms with E-state index >= 15 is 0 Å². The van der Waals surface area contributed by atoms with Crippen LogP contribution in [0.25, 0.3) is 0 Å². The van der Waals surface area contributed by atoms with Crippen molar-refractivity contribution in [1.82, 2.24) is 4.31 Å². The van der Waals surface area contributed by atoms with Crippen molar-refractivity contribution < 1.29 is 22.7 Å². The van der Waals surface area contributed by atoms with Crippen molar-refractivity contribution in [1.29, 1.82) is 0 Å². The van der Waals surface area contributed by atoms with E-state index in [1.54, 1.807) is 0 Å². The minimum atomic E-state index is -4.03. The molecule has 1 aliphatic carbocycles. The third-order valence-corrected chi connectivity index (χ3v) is 7.82. The average Bonchev–Trinajstić information content (AvgIpc) is 2.82. The molecule has 1 heterocycles. The van der Waals surface area contributed by atoms with Crippen molar-refractivity contribution in [3.63, 3.8) is 0 Å². The highest BCUT2D eigenvalue weighted by atomic mass is 35.5. The van der Waals surface area contributed by atoms with Crippen LogP contribution in [0.15, 0.2) is 39.7 Å². The summed E-state index contributed by atoms with van der Waals surface area (Å²) >= 11 is 11.3. The standard InChI is InChI=1S/C18H19Cl2NO5S/c19-15-16(20)27(24,25)21(17(15)22)10-12-6-8-14(9-7-12)18(23)26-11-13-4-2-1-3-5-13/h1-5,12,14H,6-11H2. The van der Waals surface area contributed by atoms with Crippen molar-refractivity contribution >= 4 is 45.1 Å². The molecule has 27 heavy (non-hydrogen) atoms. The molecule has 146 valence electrons. The number of amides is 1. The van der Waals surface area contributed by atoms with Crippen LogP contribution in [0.3, 0.4) is 0 Å². The van der Waals surface area contributed by atoms with Gasteiger partial charge in [-0.25, -0.2) is 4.31 Å². The summed E-state index contributed by atoms with van der Waals surface area (Å²) in [5, 5.41) is -0.463. The summed E-state index contributed by atoms with van der Waals surface area (Å²) in [5.41, 5.74) is 0.929. The average molecular weight is 432 g/mol. The summed E-state index contributed by atoms with van der Waals surface area (Å²) < 4.78 is 29.8. The van der Waals surface area contributed by atoms with Crippen LogP contribution in [0.1, 0.15) is 31.2 Å². The van der Waals surface area contributed by atoms with Gasteiger partial charge in [-0.05, 0) is 37.2 Å². The second-order valence-corrected chi connectivity index (χ2v) is 9.52. The Morgan fingerprint density at radius 2 is 1.74 bits per heavy atom. The quantitative estimate of drug-likeness (QED) is 0.667. The lowest BCUT2D eigenvalue weighted by Crippen LogP contribution is -2.37. The summed E-state index contributed by atoms with van der Waals surface area (Å²) in [6.07, 6.45) is 2.43. The summed E-state index contributed by atoms with van der Waals surface area (Å²) in [4.78, 5) is 24.2. The van der Waals surface area contributed by atoms with Crippen molar-refractivity contribution in [2.45, 2.75) is 32.3 Å². The van der Waals surface area contributed by atoms with E-state index in [2.05, 4.69) is 0 Å². The molecule has 1 aromatic rings. The molecular weight excluding hydrogens is 413 g/mol. The SMILES string of the molecule is O=C(OCc1ccccc1)C1CCC(CN2C(=O)C(Cl)=C(Cl)S2(=O)=O)CC1. The smallest absolute Gasteiger partial charge is 0.309 e. The Morgan fingerprint density at radius 3 is 2.30 bits per heavy atom. The van der Waals surface area contributed by atoms with Gasteiger partial charge in [-0.3, -0.25) is 9.59 Å². The molecule has 0 spiro atoms. The number of esters is 1. The number of sulfonamides is 1. The van der Waals surface area contributed by atoms with Crippen molar-refractivity contribution in [2.75, 3.05) is 6.54 Å². The van der Waals surface area contributed by atoms with Crippen molar-refractivity contribution in [3.05, 3.63) is 45.3 Å². The number of hydrogen-bond donors (Lipinski definition) is 0. The van der Waals surface area contributed by atoms with E-state index in [1.165, 1.54) is 0 Å². The summed E-state index contributed by atoms with van der Waals surface area (Å²) in [6, 6.07) is 9.45. The van der Waals surface area contributed by atoms with E-state index in [0.717, 1.165) is 9.87 Å². The van der Waals surface area contributed by atoms with Crippen LogP contribution in [-0.2, 0) is 31.0 Å². The van der Waals surface area contributed by atoms with Gasteiger partial charge < -0.3 is 4.74 Å². The molecule has 1 fully saturated rings. The van der Waals surface area contributed by atoms with Gasteiger partial charge in [-0.1, -0.05) is 53.5 Å². The lowest BCUT2D eigenvalue weighted by Gasteiger charge is -2.29. The second kappa shape index (κ2) is 8.20. The zero-order valence-corrected chi connectivity index (χ0v) is 16.8. The highest BCUT2D eigenvalue weighted by Crippen LogP contribution is 2.36. The number of hydrogen-bond acceptors (Lipinski definition) is 5. The summed E-state index contributed by atoms with van der Waals surface area (Å²) in [7, 11) is -4.03. The highest BCUT2D eigenvalue weighted by molar-refractivity contribution is 7.95. The van der Waals surface area contributed by atoms with Gasteiger partial charge in [-0.15, -0.1) is 0 Å². The molecule has 0 saturated heterocycles. The summed E-state index contributed by atoms with van der Waals surface area (Å²) in [5.74, 6) is -1.27. The van der Waals surface area contributed by atoms with Gasteiger partial charge in [0, 0.05) is 6.54 Å². The first-order chi connectivity index (χ1) is 12.8. The van der Waals surface area contributed by atoms with Crippen LogP contribution in [0.2, 0.25) is 0 Å². The zero-order valence-electron chi connectivity index (χ0n) is 14.4. The Morgan fingerprint density at radius 1 is 1.11 bits per heavy atom. The van der Waals surface area contributed by atoms with Crippen LogP contribution in [0, 0.1) is 11.8 Å². The fourth-order valence-electron chi connectivity index (χ4n) is 3.36. The normalized spacial score (nSPS) is 25.0. The number of rotatable bonds is 5. The number of carbonyl (C=O) groups is 2. The third-order valence-electron chi connectivity index (χ3n) is 4.93. The minimum absolute atomic E-state index is 0.0272. The zero-order chi connectivity index (χ0) is 19.6. The lowest BCUT2D eigenvalue weighted by molar-refractivity contribution is -0.151. The van der Waals surface area contributed by atoms with E-state index < -0.39 is 25.3 Å². The predicted octanol–water partition coefficient (Wildman–Crippen LogP) is 3.35. The van der Waals surface area contributed by atoms with Gasteiger partial charge in [0.05, 0.1) is 5.92 Å². The fraction of sp³-hybridized carbons (Fsp3) is 0.444. The topological polar surface area (TPSA) is 80.8 Å². The van der Waals surface area contributed by atoms with E-state index in [-0.39, 0.29) is 31.0 Å². The van der Waals surface area contributed by atoms with Gasteiger partial charge >= 0.3 is 5.97 Å². The van der Waals surface area contributed by atoms with E-state index in [1.807, 2.05) is 30.3 Å². The van der Waals surface area contributed by atoms with Crippen LogP contribution in [-0.4, -0.2) is 31.1 Å². The van der Waals surface area contributed by atoms with Crippen molar-refractivity contribution in [2.24, 2.45) is 11.8 Å². The highest BCUT2D eigenvalue weighted by Gasteiger charge is 2.43. The van der Waals surface area contributed by atoms with Crippen molar-refractivity contribution in [3.8, 4) is 0 Å². The van der Waals surface area contributed by atoms with E-state index in [0.29, 0.717) is 25.7 Å². The van der Waals surface area contributed by atoms with Gasteiger partial charge in [0.1, 0.15) is 11.6 Å². The molecule has 0 radical (unpaired) electrons. The van der Waals surface area contributed by atoms with Crippen LogP contribution in [0.4, 0.5) is 0 Å². The number of carbonyl (C=O) groups excluding carboxylic acids is 2. The molecule has 0 unspecified atom stereocenters. The Balaban J connectivity index is 1.49. The molecule has 1 saturated carbocycles. The number of halogens is 2. The van der Waals surface area contributed by atoms with Gasteiger partial charge in [0.25, 0.3) is 15.9 Å². The molecule has 0 aromatic heterocycles. The maximum absolute atomic E-state index is 12.2. The minimum Gasteiger partial charge on any atom is -0.461 e. The molecule has 9 heteroatoms. The molecule has 3 rings (SSSR count). The number of benzene rings is 1. The second-order valence-electron chi connectivity index (χ2n) is 6.74. The van der Waals surface area contributed by atoms with Gasteiger partial charge in [-0.2, -0.15) is 8.42 Å². The fourth-order valence-corrected chi connectivity index (χ4v) is 5.35. The molecule has 1 aliphatic heterocycles. The molecular formula is C18H19Cl2NO5S. The largest absolute Gasteiger partial charge is 0.461 e. The first kappa shape index (κ1) is 20.2. The van der Waals surface area contributed by atoms with Crippen LogP contribution < -0.4 is 0 Å². The summed E-state index contributed by atoms with van der Waals surface area (Å²) in [6.45, 7) is 0.266. The Kier molecular flexibility index (Phi) is 6.13. The third kappa shape index (κ3) is 4.31. The maximum atomic E-state index is 12.2. The Bertz CT molecular complexity index is 861. The van der Waals surface area contributed by atoms with Crippen LogP contribution >= 0.6 is 23.2 Å². The molecule has 6 nitrogen and oxygen atoms in total.